The van der Waals surface area contributed by atoms with E-state index in [1.54, 1.807) is 0 Å². The van der Waals surface area contributed by atoms with Crippen molar-refractivity contribution < 1.29 is 31.5 Å². The molecule has 1 heterocycles. The van der Waals surface area contributed by atoms with Crippen molar-refractivity contribution in [1.82, 2.24) is 4.98 Å². The summed E-state index contributed by atoms with van der Waals surface area (Å²) in [5.41, 5.74) is 5.26. The van der Waals surface area contributed by atoms with Gasteiger partial charge in [-0.15, -0.1) is 13.2 Å². The molecule has 0 fully saturated rings. The molecule has 0 aliphatic heterocycles. The van der Waals surface area contributed by atoms with Gasteiger partial charge in [-0.1, -0.05) is 6.07 Å². The van der Waals surface area contributed by atoms with Crippen molar-refractivity contribution in [2.75, 3.05) is 0 Å². The number of rotatable bonds is 4. The summed E-state index contributed by atoms with van der Waals surface area (Å²) < 4.78 is 57.9. The molecular formula is C12H8F4N2O3. The molecule has 0 bridgehead atoms. The van der Waals surface area contributed by atoms with Crippen molar-refractivity contribution in [2.24, 2.45) is 5.73 Å². The molecular weight excluding hydrogens is 296 g/mol. The Morgan fingerprint density at radius 2 is 2.10 bits per heavy atom. The van der Waals surface area contributed by atoms with Crippen LogP contribution in [0.5, 0.6) is 5.75 Å². The maximum Gasteiger partial charge on any atom is 0.573 e. The van der Waals surface area contributed by atoms with Crippen molar-refractivity contribution >= 4 is 5.91 Å². The fourth-order valence-electron chi connectivity index (χ4n) is 1.57. The summed E-state index contributed by atoms with van der Waals surface area (Å²) in [4.78, 5) is 14.4. The lowest BCUT2D eigenvalue weighted by Gasteiger charge is -2.10. The zero-order valence-corrected chi connectivity index (χ0v) is 10.3. The van der Waals surface area contributed by atoms with E-state index >= 15 is 0 Å². The molecule has 2 aromatic rings. The Labute approximate surface area is 115 Å². The van der Waals surface area contributed by atoms with Crippen molar-refractivity contribution in [1.29, 1.82) is 0 Å². The zero-order chi connectivity index (χ0) is 15.6. The third-order valence-corrected chi connectivity index (χ3v) is 2.36. The first-order valence-corrected chi connectivity index (χ1v) is 5.53. The minimum atomic E-state index is -4.97. The monoisotopic (exact) mass is 304 g/mol. The highest BCUT2D eigenvalue weighted by Gasteiger charge is 2.32. The third-order valence-electron chi connectivity index (χ3n) is 2.36. The van der Waals surface area contributed by atoms with Gasteiger partial charge in [-0.25, -0.2) is 9.37 Å². The number of aromatic nitrogens is 1. The number of hydrogen-bond acceptors (Lipinski definition) is 4. The lowest BCUT2D eigenvalue weighted by molar-refractivity contribution is -0.275. The molecule has 9 heteroatoms. The number of halogens is 4. The van der Waals surface area contributed by atoms with Gasteiger partial charge in [0.2, 0.25) is 0 Å². The minimum Gasteiger partial charge on any atom is -0.437 e. The van der Waals surface area contributed by atoms with Gasteiger partial charge in [0.25, 0.3) is 5.89 Å². The predicted octanol–water partition coefficient (Wildman–Crippen LogP) is 2.40. The van der Waals surface area contributed by atoms with Crippen LogP contribution in [0, 0.1) is 5.82 Å². The van der Waals surface area contributed by atoms with Crippen LogP contribution in [0.3, 0.4) is 0 Å². The summed E-state index contributed by atoms with van der Waals surface area (Å²) in [6, 6.07) is 2.95. The highest BCUT2D eigenvalue weighted by molar-refractivity contribution is 5.87. The molecule has 1 aromatic heterocycles. The van der Waals surface area contributed by atoms with Gasteiger partial charge >= 0.3 is 12.3 Å². The van der Waals surface area contributed by atoms with Gasteiger partial charge in [-0.3, -0.25) is 4.79 Å². The Bertz CT molecular complexity index is 667. The average Bonchev–Trinajstić information content (AvgIpc) is 2.80. The van der Waals surface area contributed by atoms with Crippen LogP contribution in [0.1, 0.15) is 22.0 Å². The van der Waals surface area contributed by atoms with E-state index < -0.39 is 23.8 Å². The van der Waals surface area contributed by atoms with Crippen LogP contribution in [0.25, 0.3) is 0 Å². The molecule has 2 rings (SSSR count). The Morgan fingerprint density at radius 3 is 2.62 bits per heavy atom. The van der Waals surface area contributed by atoms with Gasteiger partial charge in [-0.05, 0) is 17.7 Å². The molecule has 0 radical (unpaired) electrons. The van der Waals surface area contributed by atoms with E-state index in [4.69, 9.17) is 10.2 Å². The predicted molar refractivity (Wildman–Crippen MR) is 60.9 cm³/mol. The first kappa shape index (κ1) is 14.8. The smallest absolute Gasteiger partial charge is 0.437 e. The summed E-state index contributed by atoms with van der Waals surface area (Å²) in [6.45, 7) is 0. The first-order chi connectivity index (χ1) is 9.74. The van der Waals surface area contributed by atoms with E-state index in [-0.39, 0.29) is 18.1 Å². The Hall–Kier alpha value is -2.58. The van der Waals surface area contributed by atoms with E-state index in [9.17, 15) is 22.4 Å². The van der Waals surface area contributed by atoms with Crippen molar-refractivity contribution in [3.63, 3.8) is 0 Å². The summed E-state index contributed by atoms with van der Waals surface area (Å²) in [7, 11) is 0. The maximum atomic E-state index is 13.5. The molecule has 0 aliphatic rings. The number of nitrogens with zero attached hydrogens (tertiary/aromatic N) is 1. The number of oxazole rings is 1. The molecule has 0 saturated heterocycles. The second kappa shape index (κ2) is 5.43. The molecule has 2 N–H and O–H groups in total. The topological polar surface area (TPSA) is 78.4 Å². The van der Waals surface area contributed by atoms with Crippen LogP contribution in [0.2, 0.25) is 0 Å². The Balaban J connectivity index is 2.14. The molecule has 0 unspecified atom stereocenters. The standard InChI is InChI=1S/C12H8F4N2O3/c13-8-4-6(1-2-9(8)21-12(14,15)16)3-7-5-18-11(20-7)10(17)19/h1-2,4-5H,3H2,(H2,17,19). The molecule has 5 nitrogen and oxygen atoms in total. The molecule has 21 heavy (non-hydrogen) atoms. The number of ether oxygens (including phenoxy) is 1. The van der Waals surface area contributed by atoms with Crippen LogP contribution < -0.4 is 10.5 Å². The Morgan fingerprint density at radius 1 is 1.38 bits per heavy atom. The fraction of sp³-hybridized carbons (Fsp3) is 0.167. The van der Waals surface area contributed by atoms with Crippen LogP contribution in [-0.2, 0) is 6.42 Å². The zero-order valence-electron chi connectivity index (χ0n) is 10.3. The number of alkyl halides is 3. The van der Waals surface area contributed by atoms with E-state index in [1.807, 2.05) is 0 Å². The molecule has 1 amide bonds. The third kappa shape index (κ3) is 3.94. The molecule has 0 aliphatic carbocycles. The number of nitrogens with two attached hydrogens (primary N) is 1. The largest absolute Gasteiger partial charge is 0.573 e. The molecule has 0 spiro atoms. The second-order valence-electron chi connectivity index (χ2n) is 3.99. The number of carbonyl (C=O) groups excluding carboxylic acids is 1. The van der Waals surface area contributed by atoms with Gasteiger partial charge in [0.1, 0.15) is 5.76 Å². The average molecular weight is 304 g/mol. The van der Waals surface area contributed by atoms with E-state index in [0.717, 1.165) is 12.1 Å². The molecule has 0 atom stereocenters. The SMILES string of the molecule is NC(=O)c1ncc(Cc2ccc(OC(F)(F)F)c(F)c2)o1. The summed E-state index contributed by atoms with van der Waals surface area (Å²) >= 11 is 0. The normalized spacial score (nSPS) is 11.4. The highest BCUT2D eigenvalue weighted by Crippen LogP contribution is 2.26. The number of amides is 1. The number of hydrogen-bond donors (Lipinski definition) is 1. The molecule has 0 saturated carbocycles. The van der Waals surface area contributed by atoms with Crippen LogP contribution in [0.15, 0.2) is 28.8 Å². The van der Waals surface area contributed by atoms with Crippen molar-refractivity contribution in [3.05, 3.63) is 47.4 Å². The Kier molecular flexibility index (Phi) is 3.83. The molecule has 112 valence electrons. The van der Waals surface area contributed by atoms with Gasteiger partial charge in [0.15, 0.2) is 11.6 Å². The van der Waals surface area contributed by atoms with E-state index in [2.05, 4.69) is 9.72 Å². The lowest BCUT2D eigenvalue weighted by atomic mass is 10.1. The second-order valence-corrected chi connectivity index (χ2v) is 3.99. The quantitative estimate of drug-likeness (QED) is 0.880. The van der Waals surface area contributed by atoms with Gasteiger partial charge in [0, 0.05) is 6.42 Å². The lowest BCUT2D eigenvalue weighted by Crippen LogP contribution is -2.18. The first-order valence-electron chi connectivity index (χ1n) is 5.53. The highest BCUT2D eigenvalue weighted by atomic mass is 19.4. The van der Waals surface area contributed by atoms with Gasteiger partial charge < -0.3 is 14.9 Å². The summed E-state index contributed by atoms with van der Waals surface area (Å²) in [5.74, 6) is -3.04. The van der Waals surface area contributed by atoms with Crippen LogP contribution in [-0.4, -0.2) is 17.3 Å². The van der Waals surface area contributed by atoms with E-state index in [1.165, 1.54) is 12.3 Å². The fourth-order valence-corrected chi connectivity index (χ4v) is 1.57. The minimum absolute atomic E-state index is 0.0312. The van der Waals surface area contributed by atoms with Crippen molar-refractivity contribution in [3.8, 4) is 5.75 Å². The number of benzene rings is 1. The van der Waals surface area contributed by atoms with Crippen LogP contribution >= 0.6 is 0 Å². The summed E-state index contributed by atoms with van der Waals surface area (Å²) in [5, 5.41) is 0. The maximum absolute atomic E-state index is 13.5. The number of primary amides is 1. The van der Waals surface area contributed by atoms with E-state index in [0.29, 0.717) is 5.56 Å². The summed E-state index contributed by atoms with van der Waals surface area (Å²) in [6.07, 6.45) is -3.72. The molecule has 1 aromatic carbocycles. The number of carbonyl (C=O) groups is 1. The van der Waals surface area contributed by atoms with Crippen LogP contribution in [0.4, 0.5) is 17.6 Å². The van der Waals surface area contributed by atoms with Gasteiger partial charge in [-0.2, -0.15) is 0 Å². The van der Waals surface area contributed by atoms with Gasteiger partial charge in [0.05, 0.1) is 6.20 Å². The van der Waals surface area contributed by atoms with Crippen molar-refractivity contribution in [2.45, 2.75) is 12.8 Å².